The third-order valence-electron chi connectivity index (χ3n) is 4.50. The van der Waals surface area contributed by atoms with E-state index in [4.69, 9.17) is 10.5 Å². The van der Waals surface area contributed by atoms with Crippen LogP contribution < -0.4 is 11.1 Å². The van der Waals surface area contributed by atoms with Crippen LogP contribution in [0.4, 0.5) is 4.39 Å². The Labute approximate surface area is 162 Å². The van der Waals surface area contributed by atoms with E-state index in [1.54, 1.807) is 12.1 Å². The van der Waals surface area contributed by atoms with Crippen molar-refractivity contribution < 1.29 is 13.9 Å². The molecule has 1 amide bonds. The smallest absolute Gasteiger partial charge is 0.240 e. The number of hydrogen-bond donors (Lipinski definition) is 2. The molecule has 5 nitrogen and oxygen atoms in total. The summed E-state index contributed by atoms with van der Waals surface area (Å²) in [4.78, 5) is 18.1. The molecule has 2 heterocycles. The first-order valence-corrected chi connectivity index (χ1v) is 9.11. The van der Waals surface area contributed by atoms with E-state index in [9.17, 15) is 9.18 Å². The van der Waals surface area contributed by atoms with Crippen LogP contribution in [0.25, 0.3) is 10.6 Å². The molecule has 3 rings (SSSR count). The number of ether oxygens (including phenoxy) is 1. The monoisotopic (exact) mass is 399 g/mol. The van der Waals surface area contributed by atoms with Crippen LogP contribution in [-0.2, 0) is 9.53 Å². The minimum absolute atomic E-state index is 0. The average molecular weight is 400 g/mol. The SMILES string of the molecule is Cc1nc(-c2ccc(F)cc2)sc1C(C)NC(=O)C1(N)CCOCC1.Cl. The van der Waals surface area contributed by atoms with Gasteiger partial charge >= 0.3 is 0 Å². The van der Waals surface area contributed by atoms with Gasteiger partial charge in [0.2, 0.25) is 5.91 Å². The molecular weight excluding hydrogens is 377 g/mol. The summed E-state index contributed by atoms with van der Waals surface area (Å²) in [7, 11) is 0. The lowest BCUT2D eigenvalue weighted by Crippen LogP contribution is -2.57. The van der Waals surface area contributed by atoms with Crippen LogP contribution in [0.1, 0.15) is 36.4 Å². The topological polar surface area (TPSA) is 77.2 Å². The van der Waals surface area contributed by atoms with Gasteiger partial charge in [-0.1, -0.05) is 0 Å². The maximum Gasteiger partial charge on any atom is 0.240 e. The minimum Gasteiger partial charge on any atom is -0.381 e. The minimum atomic E-state index is -0.870. The van der Waals surface area contributed by atoms with Gasteiger partial charge in [0.1, 0.15) is 10.8 Å². The van der Waals surface area contributed by atoms with Gasteiger partial charge in [-0.2, -0.15) is 0 Å². The molecule has 1 unspecified atom stereocenters. The molecule has 1 atom stereocenters. The number of nitrogens with two attached hydrogens (primary N) is 1. The maximum atomic E-state index is 13.1. The fourth-order valence-electron chi connectivity index (χ4n) is 2.89. The Morgan fingerprint density at radius 3 is 2.58 bits per heavy atom. The van der Waals surface area contributed by atoms with Crippen molar-refractivity contribution in [2.45, 2.75) is 38.3 Å². The zero-order valence-electron chi connectivity index (χ0n) is 14.8. The number of hydrogen-bond acceptors (Lipinski definition) is 5. The first-order valence-electron chi connectivity index (χ1n) is 8.30. The van der Waals surface area contributed by atoms with Crippen molar-refractivity contribution in [3.63, 3.8) is 0 Å². The zero-order valence-corrected chi connectivity index (χ0v) is 16.4. The number of carbonyl (C=O) groups excluding carboxylic acids is 1. The highest BCUT2D eigenvalue weighted by Crippen LogP contribution is 2.32. The van der Waals surface area contributed by atoms with E-state index in [1.807, 2.05) is 13.8 Å². The molecule has 1 aliphatic rings. The number of thiazole rings is 1. The van der Waals surface area contributed by atoms with Crippen LogP contribution >= 0.6 is 23.7 Å². The molecule has 0 saturated carbocycles. The fraction of sp³-hybridized carbons (Fsp3) is 0.444. The first-order chi connectivity index (χ1) is 11.9. The molecule has 0 spiro atoms. The van der Waals surface area contributed by atoms with Crippen LogP contribution in [0.3, 0.4) is 0 Å². The van der Waals surface area contributed by atoms with Gasteiger partial charge in [-0.15, -0.1) is 23.7 Å². The summed E-state index contributed by atoms with van der Waals surface area (Å²) in [5.74, 6) is -0.429. The van der Waals surface area contributed by atoms with Crippen LogP contribution in [0.2, 0.25) is 0 Å². The molecule has 0 bridgehead atoms. The molecule has 26 heavy (non-hydrogen) atoms. The predicted octanol–water partition coefficient (Wildman–Crippen LogP) is 3.36. The number of aromatic nitrogens is 1. The molecule has 2 aromatic rings. The largest absolute Gasteiger partial charge is 0.381 e. The van der Waals surface area contributed by atoms with Gasteiger partial charge in [-0.3, -0.25) is 4.79 Å². The Morgan fingerprint density at radius 2 is 1.96 bits per heavy atom. The van der Waals surface area contributed by atoms with Gasteiger partial charge in [0.05, 0.1) is 22.2 Å². The van der Waals surface area contributed by atoms with Gasteiger partial charge < -0.3 is 15.8 Å². The normalized spacial score (nSPS) is 17.2. The number of benzene rings is 1. The molecule has 1 fully saturated rings. The highest BCUT2D eigenvalue weighted by atomic mass is 35.5. The summed E-state index contributed by atoms with van der Waals surface area (Å²) in [6, 6.07) is 6.05. The van der Waals surface area contributed by atoms with Crippen LogP contribution in [-0.4, -0.2) is 29.6 Å². The molecular formula is C18H23ClFN3O2S. The Kier molecular flexibility index (Phi) is 6.74. The molecule has 8 heteroatoms. The second-order valence-electron chi connectivity index (χ2n) is 6.44. The lowest BCUT2D eigenvalue weighted by atomic mass is 9.90. The molecule has 0 aliphatic carbocycles. The van der Waals surface area contributed by atoms with Crippen molar-refractivity contribution in [1.82, 2.24) is 10.3 Å². The van der Waals surface area contributed by atoms with Crippen molar-refractivity contribution in [3.05, 3.63) is 40.7 Å². The molecule has 0 radical (unpaired) electrons. The van der Waals surface area contributed by atoms with Crippen molar-refractivity contribution in [2.75, 3.05) is 13.2 Å². The van der Waals surface area contributed by atoms with Crippen molar-refractivity contribution in [1.29, 1.82) is 0 Å². The standard InChI is InChI=1S/C18H22FN3O2S.ClH/c1-11-15(25-16(21-11)13-3-5-14(19)6-4-13)12(2)22-17(23)18(20)7-9-24-10-8-18;/h3-6,12H,7-10,20H2,1-2H3,(H,22,23);1H. The second kappa shape index (κ2) is 8.43. The van der Waals surface area contributed by atoms with Crippen molar-refractivity contribution in [3.8, 4) is 10.6 Å². The molecule has 1 aliphatic heterocycles. The van der Waals surface area contributed by atoms with Crippen molar-refractivity contribution in [2.24, 2.45) is 5.73 Å². The number of aryl methyl sites for hydroxylation is 1. The van der Waals surface area contributed by atoms with Crippen molar-refractivity contribution >= 4 is 29.7 Å². The Bertz CT molecular complexity index is 760. The number of carbonyl (C=O) groups is 1. The fourth-order valence-corrected chi connectivity index (χ4v) is 3.97. The second-order valence-corrected chi connectivity index (χ2v) is 7.47. The number of nitrogens with one attached hydrogen (secondary N) is 1. The summed E-state index contributed by atoms with van der Waals surface area (Å²) in [5, 5.41) is 3.82. The quantitative estimate of drug-likeness (QED) is 0.826. The lowest BCUT2D eigenvalue weighted by molar-refractivity contribution is -0.130. The maximum absolute atomic E-state index is 13.1. The molecule has 1 aromatic carbocycles. The zero-order chi connectivity index (χ0) is 18.0. The third-order valence-corrected chi connectivity index (χ3v) is 5.89. The molecule has 142 valence electrons. The number of halogens is 2. The van der Waals surface area contributed by atoms with E-state index in [0.29, 0.717) is 26.1 Å². The third kappa shape index (κ3) is 4.40. The molecule has 1 saturated heterocycles. The van der Waals surface area contributed by atoms with Gasteiger partial charge in [0, 0.05) is 18.8 Å². The summed E-state index contributed by atoms with van der Waals surface area (Å²) < 4.78 is 18.4. The summed E-state index contributed by atoms with van der Waals surface area (Å²) in [5.41, 5.74) is 7.08. The predicted molar refractivity (Wildman–Crippen MR) is 103 cm³/mol. The van der Waals surface area contributed by atoms with Crippen LogP contribution in [0.5, 0.6) is 0 Å². The van der Waals surface area contributed by atoms with E-state index >= 15 is 0 Å². The summed E-state index contributed by atoms with van der Waals surface area (Å²) in [6.07, 6.45) is 1.04. The van der Waals surface area contributed by atoms with E-state index in [-0.39, 0.29) is 30.2 Å². The van der Waals surface area contributed by atoms with E-state index in [1.165, 1.54) is 23.5 Å². The highest BCUT2D eigenvalue weighted by Gasteiger charge is 2.36. The molecule has 3 N–H and O–H groups in total. The van der Waals surface area contributed by atoms with E-state index < -0.39 is 5.54 Å². The van der Waals surface area contributed by atoms with Gasteiger partial charge in [-0.25, -0.2) is 9.37 Å². The number of amides is 1. The average Bonchev–Trinajstić information content (AvgIpc) is 2.98. The van der Waals surface area contributed by atoms with E-state index in [0.717, 1.165) is 21.1 Å². The Morgan fingerprint density at radius 1 is 1.35 bits per heavy atom. The van der Waals surface area contributed by atoms with Gasteiger partial charge in [0.15, 0.2) is 0 Å². The summed E-state index contributed by atoms with van der Waals surface area (Å²) >= 11 is 1.50. The molecule has 1 aromatic heterocycles. The van der Waals surface area contributed by atoms with Crippen LogP contribution in [0, 0.1) is 12.7 Å². The number of nitrogens with zero attached hydrogens (tertiary/aromatic N) is 1. The first kappa shape index (κ1) is 20.8. The van der Waals surface area contributed by atoms with Crippen LogP contribution in [0.15, 0.2) is 24.3 Å². The highest BCUT2D eigenvalue weighted by molar-refractivity contribution is 7.15. The Hall–Kier alpha value is -1.54. The van der Waals surface area contributed by atoms with Gasteiger partial charge in [-0.05, 0) is 51.0 Å². The van der Waals surface area contributed by atoms with E-state index in [2.05, 4.69) is 10.3 Å². The Balaban J connectivity index is 0.00000243. The van der Waals surface area contributed by atoms with Gasteiger partial charge in [0.25, 0.3) is 0 Å². The number of rotatable bonds is 4. The lowest BCUT2D eigenvalue weighted by Gasteiger charge is -2.32. The summed E-state index contributed by atoms with van der Waals surface area (Å²) in [6.45, 7) is 4.85.